The summed E-state index contributed by atoms with van der Waals surface area (Å²) < 4.78 is 0. The van der Waals surface area contributed by atoms with Gasteiger partial charge in [0.2, 0.25) is 0 Å². The third kappa shape index (κ3) is 3.15. The van der Waals surface area contributed by atoms with E-state index in [2.05, 4.69) is 40.6 Å². The van der Waals surface area contributed by atoms with Crippen molar-refractivity contribution in [2.45, 2.75) is 33.2 Å². The second kappa shape index (κ2) is 6.07. The van der Waals surface area contributed by atoms with Crippen LogP contribution in [0.1, 0.15) is 34.9 Å². The highest BCUT2D eigenvalue weighted by molar-refractivity contribution is 7.09. The van der Waals surface area contributed by atoms with E-state index in [4.69, 9.17) is 0 Å². The Morgan fingerprint density at radius 3 is 2.83 bits per heavy atom. The van der Waals surface area contributed by atoms with E-state index >= 15 is 0 Å². The SMILES string of the molecule is CCNC(Cc1csc(C)n1)c1cccnc1C. The average molecular weight is 261 g/mol. The van der Waals surface area contributed by atoms with Gasteiger partial charge in [-0.25, -0.2) is 4.98 Å². The van der Waals surface area contributed by atoms with E-state index in [1.165, 1.54) is 5.56 Å². The number of aromatic nitrogens is 2. The molecule has 0 aliphatic carbocycles. The van der Waals surface area contributed by atoms with Crippen LogP contribution < -0.4 is 5.32 Å². The molecule has 96 valence electrons. The molecule has 2 rings (SSSR count). The summed E-state index contributed by atoms with van der Waals surface area (Å²) in [7, 11) is 0. The first-order chi connectivity index (χ1) is 8.70. The first-order valence-corrected chi connectivity index (χ1v) is 7.14. The van der Waals surface area contributed by atoms with E-state index in [-0.39, 0.29) is 0 Å². The zero-order valence-corrected chi connectivity index (χ0v) is 11.9. The van der Waals surface area contributed by atoms with Crippen LogP contribution in [-0.2, 0) is 6.42 Å². The standard InChI is InChI=1S/C14H19N3S/c1-4-15-14(8-12-9-18-11(3)17-12)13-6-5-7-16-10(13)2/h5-7,9,14-15H,4,8H2,1-3H3. The number of hydrogen-bond donors (Lipinski definition) is 1. The van der Waals surface area contributed by atoms with Gasteiger partial charge in [-0.1, -0.05) is 13.0 Å². The van der Waals surface area contributed by atoms with Gasteiger partial charge in [0.05, 0.1) is 10.7 Å². The molecule has 0 amide bonds. The maximum atomic E-state index is 4.55. The van der Waals surface area contributed by atoms with Crippen LogP contribution in [0.25, 0.3) is 0 Å². The minimum atomic E-state index is 0.296. The van der Waals surface area contributed by atoms with Crippen LogP contribution in [0.4, 0.5) is 0 Å². The third-order valence-electron chi connectivity index (χ3n) is 2.95. The number of nitrogens with zero attached hydrogens (tertiary/aromatic N) is 2. The van der Waals surface area contributed by atoms with Crippen molar-refractivity contribution in [2.75, 3.05) is 6.54 Å². The quantitative estimate of drug-likeness (QED) is 0.899. The fraction of sp³-hybridized carbons (Fsp3) is 0.429. The third-order valence-corrected chi connectivity index (χ3v) is 3.78. The second-order valence-electron chi connectivity index (χ2n) is 4.35. The van der Waals surface area contributed by atoms with Crippen molar-refractivity contribution in [3.8, 4) is 0 Å². The lowest BCUT2D eigenvalue weighted by Gasteiger charge is -2.18. The van der Waals surface area contributed by atoms with Gasteiger partial charge in [-0.05, 0) is 32.0 Å². The Kier molecular flexibility index (Phi) is 4.44. The minimum Gasteiger partial charge on any atom is -0.310 e. The van der Waals surface area contributed by atoms with E-state index in [1.54, 1.807) is 11.3 Å². The Morgan fingerprint density at radius 1 is 1.39 bits per heavy atom. The predicted molar refractivity (Wildman–Crippen MR) is 75.9 cm³/mol. The highest BCUT2D eigenvalue weighted by Gasteiger charge is 2.15. The Morgan fingerprint density at radius 2 is 2.22 bits per heavy atom. The van der Waals surface area contributed by atoms with Crippen LogP contribution in [0.3, 0.4) is 0 Å². The van der Waals surface area contributed by atoms with Gasteiger partial charge in [-0.15, -0.1) is 11.3 Å². The molecule has 1 atom stereocenters. The number of likely N-dealkylation sites (N-methyl/N-ethyl adjacent to an activating group) is 1. The van der Waals surface area contributed by atoms with Crippen molar-refractivity contribution in [1.29, 1.82) is 0 Å². The molecule has 0 aromatic carbocycles. The first kappa shape index (κ1) is 13.2. The Bertz CT molecular complexity index is 507. The Hall–Kier alpha value is -1.26. The predicted octanol–water partition coefficient (Wildman–Crippen LogP) is 3.05. The molecule has 0 aliphatic rings. The van der Waals surface area contributed by atoms with Crippen molar-refractivity contribution in [1.82, 2.24) is 15.3 Å². The van der Waals surface area contributed by atoms with Crippen LogP contribution in [-0.4, -0.2) is 16.5 Å². The van der Waals surface area contributed by atoms with Crippen LogP contribution in [0.2, 0.25) is 0 Å². The van der Waals surface area contributed by atoms with Crippen LogP contribution >= 0.6 is 11.3 Å². The lowest BCUT2D eigenvalue weighted by atomic mass is 10.0. The zero-order valence-electron chi connectivity index (χ0n) is 11.1. The summed E-state index contributed by atoms with van der Waals surface area (Å²) in [6.07, 6.45) is 2.76. The number of thiazole rings is 1. The monoisotopic (exact) mass is 261 g/mol. The summed E-state index contributed by atoms with van der Waals surface area (Å²) >= 11 is 1.71. The lowest BCUT2D eigenvalue weighted by molar-refractivity contribution is 0.540. The molecule has 2 aromatic heterocycles. The van der Waals surface area contributed by atoms with Crippen molar-refractivity contribution in [3.63, 3.8) is 0 Å². The summed E-state index contributed by atoms with van der Waals surface area (Å²) in [5.41, 5.74) is 3.52. The molecule has 2 aromatic rings. The van der Waals surface area contributed by atoms with Crippen LogP contribution in [0.5, 0.6) is 0 Å². The fourth-order valence-electron chi connectivity index (χ4n) is 2.11. The van der Waals surface area contributed by atoms with Gasteiger partial charge in [0.15, 0.2) is 0 Å². The molecule has 1 N–H and O–H groups in total. The highest BCUT2D eigenvalue weighted by Crippen LogP contribution is 2.21. The maximum Gasteiger partial charge on any atom is 0.0897 e. The summed E-state index contributed by atoms with van der Waals surface area (Å²) in [5, 5.41) is 6.79. The van der Waals surface area contributed by atoms with E-state index in [9.17, 15) is 0 Å². The van der Waals surface area contributed by atoms with Crippen molar-refractivity contribution in [3.05, 3.63) is 45.7 Å². The number of nitrogens with one attached hydrogen (secondary N) is 1. The number of hydrogen-bond acceptors (Lipinski definition) is 4. The van der Waals surface area contributed by atoms with E-state index in [1.807, 2.05) is 19.2 Å². The molecule has 0 fully saturated rings. The minimum absolute atomic E-state index is 0.296. The first-order valence-electron chi connectivity index (χ1n) is 6.26. The largest absolute Gasteiger partial charge is 0.310 e. The highest BCUT2D eigenvalue weighted by atomic mass is 32.1. The number of pyridine rings is 1. The fourth-order valence-corrected chi connectivity index (χ4v) is 2.74. The van der Waals surface area contributed by atoms with E-state index in [0.29, 0.717) is 6.04 Å². The van der Waals surface area contributed by atoms with Crippen LogP contribution in [0, 0.1) is 13.8 Å². The van der Waals surface area contributed by atoms with Gasteiger partial charge in [-0.2, -0.15) is 0 Å². The molecule has 2 heterocycles. The smallest absolute Gasteiger partial charge is 0.0897 e. The molecule has 0 aliphatic heterocycles. The summed E-state index contributed by atoms with van der Waals surface area (Å²) in [5.74, 6) is 0. The van der Waals surface area contributed by atoms with Gasteiger partial charge in [0.1, 0.15) is 0 Å². The normalized spacial score (nSPS) is 12.6. The molecule has 18 heavy (non-hydrogen) atoms. The van der Waals surface area contributed by atoms with E-state index in [0.717, 1.165) is 29.4 Å². The molecule has 0 saturated heterocycles. The summed E-state index contributed by atoms with van der Waals surface area (Å²) in [6.45, 7) is 7.19. The topological polar surface area (TPSA) is 37.8 Å². The molecule has 1 unspecified atom stereocenters. The van der Waals surface area contributed by atoms with E-state index < -0.39 is 0 Å². The summed E-state index contributed by atoms with van der Waals surface area (Å²) in [6, 6.07) is 4.44. The van der Waals surface area contributed by atoms with Crippen molar-refractivity contribution in [2.24, 2.45) is 0 Å². The molecule has 0 saturated carbocycles. The maximum absolute atomic E-state index is 4.55. The molecule has 4 heteroatoms. The lowest BCUT2D eigenvalue weighted by Crippen LogP contribution is -2.24. The van der Waals surface area contributed by atoms with Gasteiger partial charge < -0.3 is 5.32 Å². The molecular formula is C14H19N3S. The van der Waals surface area contributed by atoms with Gasteiger partial charge in [0, 0.05) is 29.7 Å². The number of rotatable bonds is 5. The molecule has 0 spiro atoms. The average Bonchev–Trinajstić information content (AvgIpc) is 2.75. The Labute approximate surface area is 112 Å². The molecule has 0 radical (unpaired) electrons. The van der Waals surface area contributed by atoms with Gasteiger partial charge >= 0.3 is 0 Å². The molecular weight excluding hydrogens is 242 g/mol. The number of aryl methyl sites for hydroxylation is 2. The van der Waals surface area contributed by atoms with Gasteiger partial charge in [-0.3, -0.25) is 4.98 Å². The summed E-state index contributed by atoms with van der Waals surface area (Å²) in [4.78, 5) is 8.92. The molecule has 0 bridgehead atoms. The zero-order chi connectivity index (χ0) is 13.0. The Balaban J connectivity index is 2.20. The second-order valence-corrected chi connectivity index (χ2v) is 5.41. The molecule has 3 nitrogen and oxygen atoms in total. The van der Waals surface area contributed by atoms with Crippen LogP contribution in [0.15, 0.2) is 23.7 Å². The van der Waals surface area contributed by atoms with Crippen molar-refractivity contribution >= 4 is 11.3 Å². The van der Waals surface area contributed by atoms with Gasteiger partial charge in [0.25, 0.3) is 0 Å². The van der Waals surface area contributed by atoms with Crippen molar-refractivity contribution < 1.29 is 0 Å².